The van der Waals surface area contributed by atoms with Crippen molar-refractivity contribution in [3.05, 3.63) is 0 Å². The Bertz CT molecular complexity index is 398. The third kappa shape index (κ3) is 6.42. The average molecular weight is 375 g/mol. The van der Waals surface area contributed by atoms with Crippen molar-refractivity contribution < 1.29 is 17.9 Å². The molecule has 0 N–H and O–H groups in total. The Hall–Kier alpha value is -0.250. The van der Waals surface area contributed by atoms with Crippen LogP contribution in [-0.4, -0.2) is 12.5 Å². The normalized spacial score (nSPS) is 39.7. The minimum Gasteiger partial charge on any atom is -0.289 e. The zero-order valence-corrected chi connectivity index (χ0v) is 16.4. The Balaban J connectivity index is 1.29. The molecule has 3 rings (SSSR count). The fourth-order valence-corrected chi connectivity index (χ4v) is 5.90. The Kier molecular flexibility index (Phi) is 7.32. The zero-order valence-electron chi connectivity index (χ0n) is 16.4. The van der Waals surface area contributed by atoms with Crippen LogP contribution in [0.25, 0.3) is 0 Å². The summed E-state index contributed by atoms with van der Waals surface area (Å²) in [6.45, 7) is 2.40. The van der Waals surface area contributed by atoms with E-state index in [0.717, 1.165) is 36.5 Å². The lowest BCUT2D eigenvalue weighted by molar-refractivity contribution is -0.345. The Labute approximate surface area is 157 Å². The van der Waals surface area contributed by atoms with Gasteiger partial charge in [-0.3, -0.25) is 4.74 Å². The average Bonchev–Trinajstić information content (AvgIpc) is 2.61. The summed E-state index contributed by atoms with van der Waals surface area (Å²) < 4.78 is 41.1. The quantitative estimate of drug-likeness (QED) is 0.484. The van der Waals surface area contributed by atoms with Gasteiger partial charge in [0.1, 0.15) is 0 Å². The van der Waals surface area contributed by atoms with Crippen molar-refractivity contribution in [1.29, 1.82) is 0 Å². The number of halogens is 3. The smallest absolute Gasteiger partial charge is 0.289 e. The second-order valence-electron chi connectivity index (χ2n) is 9.58. The summed E-state index contributed by atoms with van der Waals surface area (Å²) in [5.41, 5.74) is 0. The van der Waals surface area contributed by atoms with E-state index in [1.165, 1.54) is 64.2 Å². The largest absolute Gasteiger partial charge is 0.522 e. The number of hydrogen-bond donors (Lipinski definition) is 0. The summed E-state index contributed by atoms with van der Waals surface area (Å²) in [6, 6.07) is 0. The van der Waals surface area contributed by atoms with Crippen molar-refractivity contribution in [2.24, 2.45) is 29.6 Å². The van der Waals surface area contributed by atoms with Crippen molar-refractivity contribution in [3.63, 3.8) is 0 Å². The van der Waals surface area contributed by atoms with Gasteiger partial charge in [0.25, 0.3) is 0 Å². The lowest BCUT2D eigenvalue weighted by atomic mass is 9.68. The lowest BCUT2D eigenvalue weighted by Crippen LogP contribution is -2.28. The number of ether oxygens (including phenoxy) is 1. The Morgan fingerprint density at radius 3 is 1.54 bits per heavy atom. The van der Waals surface area contributed by atoms with Crippen LogP contribution >= 0.6 is 0 Å². The molecule has 152 valence electrons. The summed E-state index contributed by atoms with van der Waals surface area (Å²) >= 11 is 0. The van der Waals surface area contributed by atoms with Crippen molar-refractivity contribution in [3.8, 4) is 0 Å². The third-order valence-corrected chi connectivity index (χ3v) is 7.70. The van der Waals surface area contributed by atoms with Gasteiger partial charge < -0.3 is 0 Å². The van der Waals surface area contributed by atoms with Gasteiger partial charge in [0, 0.05) is 0 Å². The van der Waals surface area contributed by atoms with Crippen LogP contribution in [0, 0.1) is 29.6 Å². The van der Waals surface area contributed by atoms with Crippen LogP contribution in [0.5, 0.6) is 0 Å². The van der Waals surface area contributed by atoms with Crippen LogP contribution in [-0.2, 0) is 4.74 Å². The summed E-state index contributed by atoms with van der Waals surface area (Å²) in [5, 5.41) is 0. The minimum absolute atomic E-state index is 0.580. The van der Waals surface area contributed by atoms with Gasteiger partial charge in [0.2, 0.25) is 0 Å². The molecule has 3 aliphatic rings. The van der Waals surface area contributed by atoms with Crippen molar-refractivity contribution >= 4 is 0 Å². The van der Waals surface area contributed by atoms with Gasteiger partial charge in [0.05, 0.1) is 6.10 Å². The molecule has 0 bridgehead atoms. The fourth-order valence-electron chi connectivity index (χ4n) is 5.90. The molecule has 0 unspecified atom stereocenters. The molecule has 0 heterocycles. The molecule has 0 aromatic heterocycles. The first-order valence-electron chi connectivity index (χ1n) is 11.1. The predicted octanol–water partition coefficient (Wildman–Crippen LogP) is 7.49. The highest BCUT2D eigenvalue weighted by Gasteiger charge is 2.35. The second-order valence-corrected chi connectivity index (χ2v) is 9.58. The van der Waals surface area contributed by atoms with Gasteiger partial charge in [-0.25, -0.2) is 0 Å². The maximum absolute atomic E-state index is 12.3. The first-order chi connectivity index (χ1) is 12.4. The first kappa shape index (κ1) is 20.5. The van der Waals surface area contributed by atoms with Crippen molar-refractivity contribution in [1.82, 2.24) is 0 Å². The number of rotatable bonds is 5. The van der Waals surface area contributed by atoms with Gasteiger partial charge in [-0.2, -0.15) is 0 Å². The summed E-state index contributed by atoms with van der Waals surface area (Å²) in [5.74, 6) is 4.42. The van der Waals surface area contributed by atoms with Crippen LogP contribution in [0.15, 0.2) is 0 Å². The molecule has 0 amide bonds. The molecular weight excluding hydrogens is 337 g/mol. The predicted molar refractivity (Wildman–Crippen MR) is 98.7 cm³/mol. The number of alkyl halides is 3. The zero-order chi connectivity index (χ0) is 18.6. The molecule has 3 fully saturated rings. The van der Waals surface area contributed by atoms with Crippen LogP contribution in [0.2, 0.25) is 0 Å². The molecule has 0 saturated heterocycles. The molecule has 1 nitrogen and oxygen atoms in total. The molecule has 0 radical (unpaired) electrons. The molecule has 0 aromatic carbocycles. The maximum Gasteiger partial charge on any atom is 0.522 e. The fraction of sp³-hybridized carbons (Fsp3) is 1.00. The minimum atomic E-state index is -4.47. The standard InChI is InChI=1S/C22H37F3O/c1-16-2-10-19(11-3-16)20-12-6-17(7-13-20)4-5-18-8-14-21(15-9-18)26-22(23,24)25/h16-21H,2-15H2,1H3. The molecular formula is C22H37F3O. The van der Waals surface area contributed by atoms with E-state index in [-0.39, 0.29) is 0 Å². The molecule has 3 aliphatic carbocycles. The van der Waals surface area contributed by atoms with Crippen LogP contribution in [0.3, 0.4) is 0 Å². The number of hydrogen-bond acceptors (Lipinski definition) is 1. The van der Waals surface area contributed by atoms with Gasteiger partial charge in [-0.15, -0.1) is 13.2 Å². The van der Waals surface area contributed by atoms with Gasteiger partial charge in [-0.1, -0.05) is 45.4 Å². The van der Waals surface area contributed by atoms with E-state index in [1.807, 2.05) is 0 Å². The van der Waals surface area contributed by atoms with Gasteiger partial charge in [0.15, 0.2) is 0 Å². The van der Waals surface area contributed by atoms with Crippen molar-refractivity contribution in [2.75, 3.05) is 0 Å². The second kappa shape index (κ2) is 9.30. The van der Waals surface area contributed by atoms with E-state index in [1.54, 1.807) is 0 Å². The summed E-state index contributed by atoms with van der Waals surface area (Å²) in [6.07, 6.45) is 11.9. The van der Waals surface area contributed by atoms with Crippen LogP contribution in [0.1, 0.15) is 96.8 Å². The van der Waals surface area contributed by atoms with E-state index in [0.29, 0.717) is 18.8 Å². The van der Waals surface area contributed by atoms with E-state index in [4.69, 9.17) is 0 Å². The van der Waals surface area contributed by atoms with Gasteiger partial charge >= 0.3 is 6.36 Å². The highest BCUT2D eigenvalue weighted by Crippen LogP contribution is 2.43. The Morgan fingerprint density at radius 1 is 0.654 bits per heavy atom. The lowest BCUT2D eigenvalue weighted by Gasteiger charge is -2.37. The summed E-state index contributed by atoms with van der Waals surface area (Å²) in [7, 11) is 0. The van der Waals surface area contributed by atoms with Crippen molar-refractivity contribution in [2.45, 2.75) is 109 Å². The monoisotopic (exact) mass is 374 g/mol. The molecule has 26 heavy (non-hydrogen) atoms. The van der Waals surface area contributed by atoms with Crippen LogP contribution in [0.4, 0.5) is 13.2 Å². The van der Waals surface area contributed by atoms with E-state index >= 15 is 0 Å². The molecule has 4 heteroatoms. The molecule has 3 saturated carbocycles. The third-order valence-electron chi connectivity index (χ3n) is 7.70. The SMILES string of the molecule is CC1CCC(C2CCC(CCC3CCC(OC(F)(F)F)CC3)CC2)CC1. The topological polar surface area (TPSA) is 9.23 Å². The van der Waals surface area contributed by atoms with Crippen LogP contribution < -0.4 is 0 Å². The first-order valence-corrected chi connectivity index (χ1v) is 11.1. The van der Waals surface area contributed by atoms with Gasteiger partial charge in [-0.05, 0) is 81.0 Å². The highest BCUT2D eigenvalue weighted by atomic mass is 19.4. The van der Waals surface area contributed by atoms with E-state index in [2.05, 4.69) is 11.7 Å². The molecule has 0 spiro atoms. The van der Waals surface area contributed by atoms with E-state index < -0.39 is 12.5 Å². The highest BCUT2D eigenvalue weighted by molar-refractivity contribution is 4.82. The van der Waals surface area contributed by atoms with E-state index in [9.17, 15) is 13.2 Å². The Morgan fingerprint density at radius 2 is 1.08 bits per heavy atom. The summed E-state index contributed by atoms with van der Waals surface area (Å²) in [4.78, 5) is 0. The molecule has 0 aliphatic heterocycles. The molecule has 0 atom stereocenters. The molecule has 0 aromatic rings. The maximum atomic E-state index is 12.3.